The number of rotatable bonds is 2. The molecule has 0 fully saturated rings. The van der Waals surface area contributed by atoms with E-state index >= 15 is 0 Å². The Morgan fingerprint density at radius 3 is 2.67 bits per heavy atom. The minimum Gasteiger partial charge on any atom is -0.366 e. The second-order valence-electron chi connectivity index (χ2n) is 2.98. The fourth-order valence-electron chi connectivity index (χ4n) is 1.09. The van der Waals surface area contributed by atoms with Gasteiger partial charge in [0, 0.05) is 18.0 Å². The lowest BCUT2D eigenvalue weighted by atomic mass is 9.99. The molecule has 0 radical (unpaired) electrons. The maximum Gasteiger partial charge on any atom is 0.249 e. The van der Waals surface area contributed by atoms with E-state index in [4.69, 9.17) is 5.73 Å². The average molecular weight is 164 g/mol. The van der Waals surface area contributed by atoms with Gasteiger partial charge in [-0.1, -0.05) is 13.8 Å². The summed E-state index contributed by atoms with van der Waals surface area (Å²) in [5, 5.41) is 0. The fourth-order valence-corrected chi connectivity index (χ4v) is 1.09. The number of hydrogen-bond donors (Lipinski definition) is 1. The molecule has 1 aromatic heterocycles. The highest BCUT2D eigenvalue weighted by molar-refractivity contribution is 5.94. The number of aromatic nitrogens is 1. The van der Waals surface area contributed by atoms with Gasteiger partial charge in [0.2, 0.25) is 5.91 Å². The zero-order valence-electron chi connectivity index (χ0n) is 7.24. The normalized spacial score (nSPS) is 10.2. The van der Waals surface area contributed by atoms with Crippen molar-refractivity contribution < 1.29 is 4.79 Å². The van der Waals surface area contributed by atoms with E-state index in [0.29, 0.717) is 5.56 Å². The smallest absolute Gasteiger partial charge is 0.249 e. The van der Waals surface area contributed by atoms with E-state index in [0.717, 1.165) is 5.56 Å². The van der Waals surface area contributed by atoms with Gasteiger partial charge in [0.15, 0.2) is 0 Å². The molecule has 0 bridgehead atoms. The van der Waals surface area contributed by atoms with Crippen LogP contribution in [0.15, 0.2) is 18.5 Å². The SMILES string of the molecule is CC(C)c1cnccc1C(N)=O. The Morgan fingerprint density at radius 2 is 2.25 bits per heavy atom. The van der Waals surface area contributed by atoms with Gasteiger partial charge in [-0.3, -0.25) is 9.78 Å². The maximum absolute atomic E-state index is 10.9. The van der Waals surface area contributed by atoms with Gasteiger partial charge in [-0.05, 0) is 17.5 Å². The predicted molar refractivity (Wildman–Crippen MR) is 46.8 cm³/mol. The van der Waals surface area contributed by atoms with Crippen LogP contribution in [-0.2, 0) is 0 Å². The van der Waals surface area contributed by atoms with Crippen LogP contribution in [0.3, 0.4) is 0 Å². The van der Waals surface area contributed by atoms with Crippen molar-refractivity contribution in [3.63, 3.8) is 0 Å². The van der Waals surface area contributed by atoms with Crippen molar-refractivity contribution in [2.75, 3.05) is 0 Å². The van der Waals surface area contributed by atoms with Crippen molar-refractivity contribution in [2.24, 2.45) is 5.73 Å². The molecule has 1 rings (SSSR count). The van der Waals surface area contributed by atoms with E-state index < -0.39 is 0 Å². The van der Waals surface area contributed by atoms with E-state index in [1.165, 1.54) is 0 Å². The first-order chi connectivity index (χ1) is 5.63. The van der Waals surface area contributed by atoms with Crippen LogP contribution in [-0.4, -0.2) is 10.9 Å². The molecule has 0 saturated carbocycles. The number of nitrogens with two attached hydrogens (primary N) is 1. The lowest BCUT2D eigenvalue weighted by Crippen LogP contribution is -2.14. The topological polar surface area (TPSA) is 56.0 Å². The molecule has 1 amide bonds. The van der Waals surface area contributed by atoms with Gasteiger partial charge in [0.1, 0.15) is 0 Å². The third-order valence-corrected chi connectivity index (χ3v) is 1.74. The Bertz CT molecular complexity index is 294. The molecule has 64 valence electrons. The monoisotopic (exact) mass is 164 g/mol. The van der Waals surface area contributed by atoms with Gasteiger partial charge < -0.3 is 5.73 Å². The molecule has 3 heteroatoms. The molecular formula is C9H12N2O. The third kappa shape index (κ3) is 1.61. The summed E-state index contributed by atoms with van der Waals surface area (Å²) in [4.78, 5) is 14.9. The molecule has 0 aliphatic carbocycles. The van der Waals surface area contributed by atoms with Crippen molar-refractivity contribution >= 4 is 5.91 Å². The van der Waals surface area contributed by atoms with Crippen LogP contribution < -0.4 is 5.73 Å². The molecule has 0 aromatic carbocycles. The fraction of sp³-hybridized carbons (Fsp3) is 0.333. The van der Waals surface area contributed by atoms with E-state index in [9.17, 15) is 4.79 Å². The van der Waals surface area contributed by atoms with Gasteiger partial charge >= 0.3 is 0 Å². The highest BCUT2D eigenvalue weighted by Gasteiger charge is 2.09. The van der Waals surface area contributed by atoms with Gasteiger partial charge in [-0.15, -0.1) is 0 Å². The van der Waals surface area contributed by atoms with Crippen LogP contribution in [0.5, 0.6) is 0 Å². The van der Waals surface area contributed by atoms with E-state index in [2.05, 4.69) is 4.98 Å². The Hall–Kier alpha value is -1.38. The number of carbonyl (C=O) groups is 1. The predicted octanol–water partition coefficient (Wildman–Crippen LogP) is 1.30. The Morgan fingerprint density at radius 1 is 1.58 bits per heavy atom. The number of pyridine rings is 1. The van der Waals surface area contributed by atoms with Crippen molar-refractivity contribution in [3.05, 3.63) is 29.6 Å². The summed E-state index contributed by atoms with van der Waals surface area (Å²) in [6.07, 6.45) is 3.26. The zero-order valence-corrected chi connectivity index (χ0v) is 7.24. The molecule has 0 saturated heterocycles. The molecule has 0 atom stereocenters. The quantitative estimate of drug-likeness (QED) is 0.716. The van der Waals surface area contributed by atoms with Crippen LogP contribution in [0.4, 0.5) is 0 Å². The van der Waals surface area contributed by atoms with E-state index in [1.807, 2.05) is 13.8 Å². The number of carbonyl (C=O) groups excluding carboxylic acids is 1. The van der Waals surface area contributed by atoms with Crippen LogP contribution in [0.1, 0.15) is 35.7 Å². The van der Waals surface area contributed by atoms with Crippen LogP contribution >= 0.6 is 0 Å². The molecule has 0 aliphatic rings. The van der Waals surface area contributed by atoms with Crippen LogP contribution in [0.2, 0.25) is 0 Å². The second kappa shape index (κ2) is 3.34. The van der Waals surface area contributed by atoms with Crippen molar-refractivity contribution in [1.29, 1.82) is 0 Å². The molecule has 0 unspecified atom stereocenters. The summed E-state index contributed by atoms with van der Waals surface area (Å²) in [5.74, 6) is -0.109. The van der Waals surface area contributed by atoms with E-state index in [1.54, 1.807) is 18.5 Å². The number of amides is 1. The lowest BCUT2D eigenvalue weighted by molar-refractivity contribution is 0.0999. The molecular weight excluding hydrogens is 152 g/mol. The third-order valence-electron chi connectivity index (χ3n) is 1.74. The number of nitrogens with zero attached hydrogens (tertiary/aromatic N) is 1. The highest BCUT2D eigenvalue weighted by Crippen LogP contribution is 2.16. The van der Waals surface area contributed by atoms with Crippen LogP contribution in [0.25, 0.3) is 0 Å². The van der Waals surface area contributed by atoms with Crippen molar-refractivity contribution in [1.82, 2.24) is 4.98 Å². The largest absolute Gasteiger partial charge is 0.366 e. The first kappa shape index (κ1) is 8.71. The summed E-state index contributed by atoms with van der Waals surface area (Å²) >= 11 is 0. The average Bonchev–Trinajstić information content (AvgIpc) is 2.04. The van der Waals surface area contributed by atoms with Gasteiger partial charge in [-0.2, -0.15) is 0 Å². The summed E-state index contributed by atoms with van der Waals surface area (Å²) < 4.78 is 0. The van der Waals surface area contributed by atoms with Gasteiger partial charge in [0.05, 0.1) is 0 Å². The minimum absolute atomic E-state index is 0.279. The van der Waals surface area contributed by atoms with Gasteiger partial charge in [-0.25, -0.2) is 0 Å². The molecule has 1 aromatic rings. The first-order valence-corrected chi connectivity index (χ1v) is 3.86. The zero-order chi connectivity index (χ0) is 9.14. The molecule has 2 N–H and O–H groups in total. The summed E-state index contributed by atoms with van der Waals surface area (Å²) in [6.45, 7) is 4.01. The Labute approximate surface area is 71.6 Å². The van der Waals surface area contributed by atoms with E-state index in [-0.39, 0.29) is 11.8 Å². The summed E-state index contributed by atoms with van der Waals surface area (Å²) in [5.41, 5.74) is 6.66. The number of hydrogen-bond acceptors (Lipinski definition) is 2. The molecule has 0 spiro atoms. The minimum atomic E-state index is -0.388. The van der Waals surface area contributed by atoms with Crippen LogP contribution in [0, 0.1) is 0 Å². The Kier molecular flexibility index (Phi) is 2.43. The molecule has 12 heavy (non-hydrogen) atoms. The lowest BCUT2D eigenvalue weighted by Gasteiger charge is -2.07. The summed E-state index contributed by atoms with van der Waals surface area (Å²) in [6, 6.07) is 1.65. The van der Waals surface area contributed by atoms with Crippen molar-refractivity contribution in [3.8, 4) is 0 Å². The highest BCUT2D eigenvalue weighted by atomic mass is 16.1. The summed E-state index contributed by atoms with van der Waals surface area (Å²) in [7, 11) is 0. The van der Waals surface area contributed by atoms with Gasteiger partial charge in [0.25, 0.3) is 0 Å². The first-order valence-electron chi connectivity index (χ1n) is 3.86. The molecule has 0 aliphatic heterocycles. The Balaban J connectivity index is 3.17. The molecule has 1 heterocycles. The molecule has 3 nitrogen and oxygen atoms in total. The second-order valence-corrected chi connectivity index (χ2v) is 2.98. The standard InChI is InChI=1S/C9H12N2O/c1-6(2)8-5-11-4-3-7(8)9(10)12/h3-6H,1-2H3,(H2,10,12). The number of primary amides is 1. The van der Waals surface area contributed by atoms with Crippen molar-refractivity contribution in [2.45, 2.75) is 19.8 Å². The maximum atomic E-state index is 10.9.